The largest absolute Gasteiger partial charge is 0.508 e. The Hall–Kier alpha value is -2.38. The molecule has 0 bridgehead atoms. The molecule has 0 aliphatic heterocycles. The van der Waals surface area contributed by atoms with Crippen molar-refractivity contribution in [2.24, 2.45) is 5.73 Å². The summed E-state index contributed by atoms with van der Waals surface area (Å²) in [5.41, 5.74) is 6.80. The van der Waals surface area contributed by atoms with Crippen LogP contribution in [0.3, 0.4) is 0 Å². The number of phenolic OH excluding ortho intramolecular Hbond substituents is 1. The molecule has 2 rings (SSSR count). The molecule has 0 fully saturated rings. The van der Waals surface area contributed by atoms with Gasteiger partial charge in [0.15, 0.2) is 5.69 Å². The molecule has 118 valence electrons. The monoisotopic (exact) mass is 305 g/mol. The van der Waals surface area contributed by atoms with E-state index in [1.165, 1.54) is 13.2 Å². The van der Waals surface area contributed by atoms with E-state index in [1.54, 1.807) is 24.3 Å². The van der Waals surface area contributed by atoms with E-state index < -0.39 is 12.1 Å². The third-order valence-electron chi connectivity index (χ3n) is 3.20. The molecule has 2 aromatic rings. The summed E-state index contributed by atoms with van der Waals surface area (Å²) in [6, 6.07) is 6.00. The number of amides is 1. The van der Waals surface area contributed by atoms with Crippen molar-refractivity contribution in [2.75, 3.05) is 6.54 Å². The highest BCUT2D eigenvalue weighted by atomic mass is 16.3. The van der Waals surface area contributed by atoms with Crippen LogP contribution in [0.2, 0.25) is 0 Å². The van der Waals surface area contributed by atoms with E-state index in [0.29, 0.717) is 13.0 Å². The number of phenols is 1. The van der Waals surface area contributed by atoms with Crippen molar-refractivity contribution in [3.05, 3.63) is 47.7 Å². The van der Waals surface area contributed by atoms with Crippen LogP contribution in [0.1, 0.15) is 34.9 Å². The molecular formula is C15H19N3O4. The average Bonchev–Trinajstić information content (AvgIpc) is 2.98. The number of nitrogens with zero attached hydrogens (tertiary/aromatic N) is 1. The summed E-state index contributed by atoms with van der Waals surface area (Å²) in [4.78, 5) is 15.9. The van der Waals surface area contributed by atoms with Gasteiger partial charge in [-0.05, 0) is 31.0 Å². The highest BCUT2D eigenvalue weighted by Gasteiger charge is 2.20. The second-order valence-electron chi connectivity index (χ2n) is 5.01. The van der Waals surface area contributed by atoms with Gasteiger partial charge >= 0.3 is 0 Å². The molecule has 5 N–H and O–H groups in total. The van der Waals surface area contributed by atoms with Crippen LogP contribution in [0.25, 0.3) is 0 Å². The second-order valence-corrected chi connectivity index (χ2v) is 5.01. The minimum atomic E-state index is -0.816. The topological polar surface area (TPSA) is 122 Å². The molecule has 0 spiro atoms. The Morgan fingerprint density at radius 3 is 2.73 bits per heavy atom. The lowest BCUT2D eigenvalue weighted by Gasteiger charge is -2.09. The maximum Gasteiger partial charge on any atom is 0.273 e. The fraction of sp³-hybridized carbons (Fsp3) is 0.333. The minimum absolute atomic E-state index is 0.122. The molecule has 1 aromatic carbocycles. The smallest absolute Gasteiger partial charge is 0.273 e. The summed E-state index contributed by atoms with van der Waals surface area (Å²) in [7, 11) is 0. The average molecular weight is 305 g/mol. The quantitative estimate of drug-likeness (QED) is 0.624. The number of aromatic nitrogens is 1. The summed E-state index contributed by atoms with van der Waals surface area (Å²) >= 11 is 0. The fourth-order valence-corrected chi connectivity index (χ4v) is 1.82. The Labute approximate surface area is 127 Å². The standard InChI is InChI=1S/C15H19N3O4/c1-9(19)13(16)15-18-12(8-22-15)14(21)17-7-6-10-2-4-11(20)5-3-10/h2-5,8-9,13,19-20H,6-7,16H2,1H3,(H,17,21). The third-order valence-corrected chi connectivity index (χ3v) is 3.20. The fourth-order valence-electron chi connectivity index (χ4n) is 1.82. The number of carbonyl (C=O) groups excluding carboxylic acids is 1. The molecule has 7 nitrogen and oxygen atoms in total. The van der Waals surface area contributed by atoms with Crippen LogP contribution >= 0.6 is 0 Å². The van der Waals surface area contributed by atoms with Gasteiger partial charge in [0.25, 0.3) is 5.91 Å². The number of benzene rings is 1. The van der Waals surface area contributed by atoms with Crippen LogP contribution in [0.15, 0.2) is 34.9 Å². The molecule has 7 heteroatoms. The minimum Gasteiger partial charge on any atom is -0.508 e. The number of nitrogens with one attached hydrogen (secondary N) is 1. The molecule has 0 aliphatic carbocycles. The molecule has 2 atom stereocenters. The Morgan fingerprint density at radius 1 is 1.41 bits per heavy atom. The van der Waals surface area contributed by atoms with Crippen LogP contribution in [0.5, 0.6) is 5.75 Å². The van der Waals surface area contributed by atoms with Crippen molar-refractivity contribution in [1.82, 2.24) is 10.3 Å². The zero-order chi connectivity index (χ0) is 16.1. The first kappa shape index (κ1) is 16.0. The molecule has 1 heterocycles. The number of carbonyl (C=O) groups is 1. The molecule has 0 saturated carbocycles. The van der Waals surface area contributed by atoms with E-state index >= 15 is 0 Å². The molecule has 1 aromatic heterocycles. The lowest BCUT2D eigenvalue weighted by Crippen LogP contribution is -2.27. The SMILES string of the molecule is CC(O)C(N)c1nc(C(=O)NCCc2ccc(O)cc2)co1. The zero-order valence-electron chi connectivity index (χ0n) is 12.2. The molecular weight excluding hydrogens is 286 g/mol. The Bertz CT molecular complexity index is 622. The second kappa shape index (κ2) is 7.06. The van der Waals surface area contributed by atoms with Crippen molar-refractivity contribution >= 4 is 5.91 Å². The number of rotatable bonds is 6. The van der Waals surface area contributed by atoms with E-state index in [4.69, 9.17) is 10.2 Å². The highest BCUT2D eigenvalue weighted by Crippen LogP contribution is 2.13. The summed E-state index contributed by atoms with van der Waals surface area (Å²) in [6.07, 6.45) is 1.03. The molecule has 2 unspecified atom stereocenters. The zero-order valence-corrected chi connectivity index (χ0v) is 12.2. The first-order chi connectivity index (χ1) is 10.5. The molecule has 22 heavy (non-hydrogen) atoms. The maximum absolute atomic E-state index is 11.9. The van der Waals surface area contributed by atoms with Crippen LogP contribution in [0, 0.1) is 0 Å². The normalized spacial score (nSPS) is 13.6. The van der Waals surface area contributed by atoms with Crippen molar-refractivity contribution in [2.45, 2.75) is 25.5 Å². The third kappa shape index (κ3) is 4.06. The lowest BCUT2D eigenvalue weighted by atomic mass is 10.1. The van der Waals surface area contributed by atoms with Gasteiger partial charge in [-0.1, -0.05) is 12.1 Å². The number of hydrogen-bond donors (Lipinski definition) is 4. The number of oxazole rings is 1. The maximum atomic E-state index is 11.9. The number of aliphatic hydroxyl groups is 1. The van der Waals surface area contributed by atoms with Gasteiger partial charge < -0.3 is 25.7 Å². The number of hydrogen-bond acceptors (Lipinski definition) is 6. The molecule has 0 aliphatic rings. The van der Waals surface area contributed by atoms with E-state index in [-0.39, 0.29) is 23.2 Å². The molecule has 1 amide bonds. The summed E-state index contributed by atoms with van der Waals surface area (Å²) in [5, 5.41) is 21.3. The summed E-state index contributed by atoms with van der Waals surface area (Å²) in [5.74, 6) is -0.0392. The van der Waals surface area contributed by atoms with Crippen molar-refractivity contribution in [3.8, 4) is 5.75 Å². The van der Waals surface area contributed by atoms with E-state index in [9.17, 15) is 15.0 Å². The van der Waals surface area contributed by atoms with E-state index in [1.807, 2.05) is 0 Å². The highest BCUT2D eigenvalue weighted by molar-refractivity contribution is 5.91. The van der Waals surface area contributed by atoms with Crippen LogP contribution < -0.4 is 11.1 Å². The van der Waals surface area contributed by atoms with Crippen LogP contribution in [-0.4, -0.2) is 33.8 Å². The van der Waals surface area contributed by atoms with Crippen molar-refractivity contribution in [1.29, 1.82) is 0 Å². The molecule has 0 saturated heterocycles. The lowest BCUT2D eigenvalue weighted by molar-refractivity contribution is 0.0948. The van der Waals surface area contributed by atoms with Gasteiger partial charge in [0.1, 0.15) is 18.1 Å². The first-order valence-electron chi connectivity index (χ1n) is 6.92. The number of nitrogens with two attached hydrogens (primary N) is 1. The van der Waals surface area contributed by atoms with Crippen LogP contribution in [-0.2, 0) is 6.42 Å². The van der Waals surface area contributed by atoms with Crippen LogP contribution in [0.4, 0.5) is 0 Å². The van der Waals surface area contributed by atoms with Crippen molar-refractivity contribution < 1.29 is 19.4 Å². The van der Waals surface area contributed by atoms with Gasteiger partial charge in [-0.25, -0.2) is 4.98 Å². The molecule has 0 radical (unpaired) electrons. The first-order valence-corrected chi connectivity index (χ1v) is 6.92. The predicted molar refractivity (Wildman–Crippen MR) is 79.3 cm³/mol. The van der Waals surface area contributed by atoms with Crippen molar-refractivity contribution in [3.63, 3.8) is 0 Å². The van der Waals surface area contributed by atoms with E-state index in [0.717, 1.165) is 5.56 Å². The summed E-state index contributed by atoms with van der Waals surface area (Å²) in [6.45, 7) is 1.94. The van der Waals surface area contributed by atoms with Gasteiger partial charge in [-0.2, -0.15) is 0 Å². The van der Waals surface area contributed by atoms with Gasteiger partial charge in [-0.15, -0.1) is 0 Å². The number of aliphatic hydroxyl groups excluding tert-OH is 1. The summed E-state index contributed by atoms with van der Waals surface area (Å²) < 4.78 is 5.10. The Morgan fingerprint density at radius 2 is 2.09 bits per heavy atom. The Kier molecular flexibility index (Phi) is 5.13. The van der Waals surface area contributed by atoms with Gasteiger partial charge in [0.05, 0.1) is 6.10 Å². The Balaban J connectivity index is 1.86. The predicted octanol–water partition coefficient (Wildman–Crippen LogP) is 0.733. The van der Waals surface area contributed by atoms with E-state index in [2.05, 4.69) is 10.3 Å². The van der Waals surface area contributed by atoms with Gasteiger partial charge in [-0.3, -0.25) is 4.79 Å². The number of aromatic hydroxyl groups is 1. The van der Waals surface area contributed by atoms with Gasteiger partial charge in [0, 0.05) is 6.54 Å². The van der Waals surface area contributed by atoms with Gasteiger partial charge in [0.2, 0.25) is 5.89 Å².